The number of fused-ring (bicyclic) bond motifs is 3. The molecule has 2 fully saturated rings. The number of rotatable bonds is 32. The molecule has 3 aliphatic heterocycles. The van der Waals surface area contributed by atoms with E-state index in [9.17, 15) is 84.0 Å². The molecule has 5 amide bonds. The smallest absolute Gasteiger partial charge is 0.322 e. The fourth-order valence-electron chi connectivity index (χ4n) is 14.3. The number of aromatic nitrogens is 2. The highest BCUT2D eigenvalue weighted by Gasteiger charge is 2.44. The number of carbonyl (C=O) groups is 14. The average molecular weight is 2120 g/mol. The Bertz CT molecular complexity index is 6480. The largest absolute Gasteiger partial charge is 0.454 e. The molecule has 2 aromatic heterocycles. The van der Waals surface area contributed by atoms with Crippen molar-refractivity contribution >= 4 is 128 Å². The van der Waals surface area contributed by atoms with Crippen LogP contribution in [-0.2, 0) is 59.8 Å². The normalized spacial score (nSPS) is 13.9. The second-order valence-corrected chi connectivity index (χ2v) is 43.9. The summed E-state index contributed by atoms with van der Waals surface area (Å²) < 4.78 is 56.2. The lowest BCUT2D eigenvalue weighted by Gasteiger charge is -2.18. The van der Waals surface area contributed by atoms with Gasteiger partial charge in [0.25, 0.3) is 17.7 Å². The van der Waals surface area contributed by atoms with Gasteiger partial charge in [-0.2, -0.15) is 0 Å². The molecule has 11 aromatic rings. The maximum Gasteiger partial charge on any atom is 0.322 e. The first kappa shape index (κ1) is 123. The van der Waals surface area contributed by atoms with Crippen LogP contribution in [0, 0.1) is 59.2 Å². The Kier molecular flexibility index (Phi) is 50.3. The molecule has 4 aliphatic rings. The summed E-state index contributed by atoms with van der Waals surface area (Å²) in [6.45, 7) is 37.2. The molecule has 9 aromatic carbocycles. The number of urea groups is 1. The molecule has 0 radical (unpaired) electrons. The molecule has 0 spiro atoms. The number of nitrogens with one attached hydrogen (secondary N) is 2. The Labute approximate surface area is 880 Å². The van der Waals surface area contributed by atoms with E-state index >= 15 is 0 Å². The highest BCUT2D eigenvalue weighted by molar-refractivity contribution is 9.10. The van der Waals surface area contributed by atoms with Crippen molar-refractivity contribution < 1.29 is 93.4 Å². The molecule has 1 aliphatic carbocycles. The third-order valence-electron chi connectivity index (χ3n) is 23.7. The number of Topliss-reactive ketones (excluding diaryl/α,β-unsaturated/α-hetero) is 10. The highest BCUT2D eigenvalue weighted by atomic mass is 79.9. The van der Waals surface area contributed by atoms with Gasteiger partial charge in [0, 0.05) is 136 Å². The standard InChI is InChI=1S/C18H20O.C14H18O2.C13H13NO3.C13H13NO.C13H16O.C12H14O3.C10H13NO3S.C9H10BrNO.C9H12O2S.C8H12N2O3/c1-14(2)18(19)13-17(15-9-5-3-6-10-15)16-11-7-4-8-12-16;1-11(2)13(15)9-6-10-14(16)12-7-4-3-5-8-12;1-8(2)11(15)7-14-12(16)9-5-3-4-6-10(9)13(14)17;1-9(2)13(15)12-8-7-10-5-3-4-6-11(10)14-12;1-9(2)13(14)12-8-11(12)10-6-4-3-5-7-10;1-8(2)10(13)5-9-3-4-11-12(6-9)15-7-14-11;1-7(2)10(12)8-3-5-9(6-4-8)15(11,13)14;1-6(2)9(12)7-3-8(10)5-11-4-7;1-8(2)12(10,11)9-6-4-3-5-7-9;1-4(2)6(11)3-5-7(12)10-8(13)9-5/h3-12,14,17H,13H2,1-2H3;3-5,7-8,11H,6,9-10H2,1-2H3;3-6,8H,7H2,1-2H3;3-9H,1-2H3;3-7,9,11-12H,8H2,1-2H3;3-4,6,8H,5,7H2,1-2H3;3-7H,1-2H3,(H2,11,13,14);3-6H,1-2H3;3-8H,1-2H3;4-5H,3H2,1-2H3,(H2,9,10,12,13). The first-order valence-electron chi connectivity index (χ1n) is 49.7. The summed E-state index contributed by atoms with van der Waals surface area (Å²) in [5.41, 5.74) is 8.84. The molecule has 29 heteroatoms. The molecule has 26 nitrogen and oxygen atoms in total. The molecule has 1 saturated carbocycles. The van der Waals surface area contributed by atoms with Gasteiger partial charge in [0.15, 0.2) is 50.3 Å². The van der Waals surface area contributed by atoms with Crippen LogP contribution < -0.4 is 25.2 Å². The van der Waals surface area contributed by atoms with E-state index in [0.29, 0.717) is 88.3 Å². The Morgan fingerprint density at radius 1 is 0.446 bits per heavy atom. The third-order valence-corrected chi connectivity index (χ3v) is 27.3. The van der Waals surface area contributed by atoms with E-state index in [0.717, 1.165) is 49.3 Å². The van der Waals surface area contributed by atoms with Crippen molar-refractivity contribution in [3.8, 4) is 11.5 Å². The second kappa shape index (κ2) is 60.5. The first-order chi connectivity index (χ1) is 69.8. The minimum Gasteiger partial charge on any atom is -0.454 e. The SMILES string of the molecule is CC(C)C(=O)C1CC1c1ccccc1.CC(C)C(=O)CC(c1ccccc1)c1ccccc1.CC(C)C(=O)CC1NC(=O)NC1=O.CC(C)C(=O)CCCC(=O)c1ccccc1.CC(C)C(=O)CN1C(=O)c2ccccc2C1=O.CC(C)C(=O)Cc1ccc2c(c1)OCO2.CC(C)C(=O)c1ccc(S(N)(=O)=O)cc1.CC(C)C(=O)c1ccc2ccccc2n1.CC(C)C(=O)c1cncc(Br)c1.CC(C)S(=O)(=O)c1ccccc1. The van der Waals surface area contributed by atoms with Crippen LogP contribution in [0.4, 0.5) is 4.79 Å². The summed E-state index contributed by atoms with van der Waals surface area (Å²) in [7, 11) is -6.75. The molecular weight excluding hydrogens is 1980 g/mol. The van der Waals surface area contributed by atoms with Gasteiger partial charge in [0.1, 0.15) is 40.7 Å². The van der Waals surface area contributed by atoms with Gasteiger partial charge in [0.2, 0.25) is 16.8 Å². The van der Waals surface area contributed by atoms with E-state index in [2.05, 4.69) is 72.9 Å². The zero-order valence-corrected chi connectivity index (χ0v) is 91.4. The van der Waals surface area contributed by atoms with Gasteiger partial charge in [-0.1, -0.05) is 319 Å². The van der Waals surface area contributed by atoms with Crippen molar-refractivity contribution in [3.63, 3.8) is 0 Å². The lowest BCUT2D eigenvalue weighted by molar-refractivity contribution is -0.126. The first-order valence-corrected chi connectivity index (χ1v) is 53.6. The number of ether oxygens (including phenoxy) is 2. The molecule has 15 rings (SSSR count). The lowest BCUT2D eigenvalue weighted by atomic mass is 9.85. The minimum atomic E-state index is -3.68. The van der Waals surface area contributed by atoms with Gasteiger partial charge in [-0.25, -0.2) is 31.8 Å². The molecule has 148 heavy (non-hydrogen) atoms. The Balaban J connectivity index is 0.000000252. The summed E-state index contributed by atoms with van der Waals surface area (Å²) in [5.74, 6) is 2.80. The lowest BCUT2D eigenvalue weighted by Crippen LogP contribution is -2.36. The summed E-state index contributed by atoms with van der Waals surface area (Å²) in [4.78, 5) is 171. The summed E-state index contributed by atoms with van der Waals surface area (Å²) in [6.07, 6.45) is 7.06. The Morgan fingerprint density at radius 3 is 1.41 bits per heavy atom. The number of pyridine rings is 2. The molecule has 1 saturated heterocycles. The van der Waals surface area contributed by atoms with E-state index in [1.807, 2.05) is 217 Å². The molecule has 786 valence electrons. The van der Waals surface area contributed by atoms with Crippen LogP contribution in [0.3, 0.4) is 0 Å². The molecule has 0 bridgehead atoms. The topological polar surface area (TPSA) is 405 Å². The molecule has 5 heterocycles. The fourth-order valence-corrected chi connectivity index (χ4v) is 16.3. The number of nitrogens with zero attached hydrogens (tertiary/aromatic N) is 3. The minimum absolute atomic E-state index is 0.00124. The van der Waals surface area contributed by atoms with Crippen molar-refractivity contribution in [1.82, 2.24) is 25.5 Å². The van der Waals surface area contributed by atoms with Crippen molar-refractivity contribution in [1.29, 1.82) is 0 Å². The summed E-state index contributed by atoms with van der Waals surface area (Å²) in [5, 5.41) is 10.1. The number of carbonyl (C=O) groups excluding carboxylic acids is 14. The van der Waals surface area contributed by atoms with Gasteiger partial charge >= 0.3 is 6.03 Å². The summed E-state index contributed by atoms with van der Waals surface area (Å²) in [6, 6.07) is 78.7. The average Bonchev–Trinajstić information content (AvgIpc) is 1.63. The fraction of sp³-hybridized carbons (Fsp3) is 0.361. The Hall–Kier alpha value is -13.7. The van der Waals surface area contributed by atoms with Crippen LogP contribution in [0.2, 0.25) is 0 Å². The summed E-state index contributed by atoms with van der Waals surface area (Å²) >= 11 is 3.26. The number of halogens is 1. The van der Waals surface area contributed by atoms with Gasteiger partial charge in [0.05, 0.1) is 38.2 Å². The zero-order valence-electron chi connectivity index (χ0n) is 88.2. The van der Waals surface area contributed by atoms with Gasteiger partial charge in [-0.05, 0) is 138 Å². The molecule has 4 N–H and O–H groups in total. The van der Waals surface area contributed by atoms with Gasteiger partial charge in [-0.15, -0.1) is 0 Å². The van der Waals surface area contributed by atoms with E-state index in [1.165, 1.54) is 41.0 Å². The predicted octanol–water partition coefficient (Wildman–Crippen LogP) is 23.0. The molecular formula is C119H141BrN6O20S2. The van der Waals surface area contributed by atoms with Crippen LogP contribution in [0.1, 0.15) is 273 Å². The number of nitrogens with two attached hydrogens (primary N) is 1. The number of sulfone groups is 1. The molecule has 3 atom stereocenters. The van der Waals surface area contributed by atoms with E-state index in [-0.39, 0.29) is 147 Å². The maximum atomic E-state index is 12.1. The number of hydrogen-bond acceptors (Lipinski definition) is 22. The Morgan fingerprint density at radius 2 is 0.926 bits per heavy atom. The van der Waals surface area contributed by atoms with Crippen molar-refractivity contribution in [2.45, 2.75) is 216 Å². The number of ketones is 10. The zero-order chi connectivity index (χ0) is 110. The van der Waals surface area contributed by atoms with Crippen LogP contribution in [0.5, 0.6) is 11.5 Å². The van der Waals surface area contributed by atoms with Gasteiger partial charge in [-0.3, -0.25) is 77.5 Å². The van der Waals surface area contributed by atoms with E-state index < -0.39 is 37.8 Å². The van der Waals surface area contributed by atoms with E-state index in [4.69, 9.17) is 14.6 Å². The van der Waals surface area contributed by atoms with Crippen LogP contribution in [0.25, 0.3) is 10.9 Å². The highest BCUT2D eigenvalue weighted by Crippen LogP contribution is 2.49. The number of imide groups is 2. The number of hydrogen-bond donors (Lipinski definition) is 3. The number of para-hydroxylation sites is 1. The maximum absolute atomic E-state index is 12.1. The van der Waals surface area contributed by atoms with Crippen LogP contribution in [-0.4, -0.2) is 138 Å². The van der Waals surface area contributed by atoms with E-state index in [1.54, 1.807) is 135 Å². The van der Waals surface area contributed by atoms with Crippen molar-refractivity contribution in [2.75, 3.05) is 13.3 Å². The van der Waals surface area contributed by atoms with Gasteiger partial charge < -0.3 is 14.8 Å². The number of amides is 5. The monoisotopic (exact) mass is 2120 g/mol. The van der Waals surface area contributed by atoms with Crippen molar-refractivity contribution in [2.24, 2.45) is 64.3 Å². The van der Waals surface area contributed by atoms with Crippen LogP contribution in [0.15, 0.2) is 288 Å². The third kappa shape index (κ3) is 40.1. The predicted molar refractivity (Wildman–Crippen MR) is 581 cm³/mol. The van der Waals surface area contributed by atoms with Crippen molar-refractivity contribution in [3.05, 3.63) is 333 Å². The number of benzene rings is 9. The number of primary sulfonamides is 1. The van der Waals surface area contributed by atoms with Crippen LogP contribution >= 0.6 is 15.9 Å². The molecule has 3 unspecified atom stereocenters. The second-order valence-electron chi connectivity index (χ2n) is 38.9. The quantitative estimate of drug-likeness (QED) is 0.0200. The number of sulfonamides is 1.